The summed E-state index contributed by atoms with van der Waals surface area (Å²) in [7, 11) is 3.40. The summed E-state index contributed by atoms with van der Waals surface area (Å²) in [5.41, 5.74) is 1.59. The van der Waals surface area contributed by atoms with Crippen LogP contribution in [0.3, 0.4) is 0 Å². The molecule has 2 atom stereocenters. The maximum Gasteiger partial charge on any atom is 0.0947 e. The van der Waals surface area contributed by atoms with E-state index in [1.54, 1.807) is 20.1 Å². The number of hydrogen-bond donors (Lipinski definition) is 2. The van der Waals surface area contributed by atoms with Gasteiger partial charge >= 0.3 is 0 Å². The molecule has 0 saturated heterocycles. The first-order valence-electron chi connectivity index (χ1n) is 5.81. The quantitative estimate of drug-likeness (QED) is 0.830. The van der Waals surface area contributed by atoms with Crippen molar-refractivity contribution in [3.8, 4) is 0 Å². The zero-order valence-electron chi connectivity index (χ0n) is 10.9. The fourth-order valence-electron chi connectivity index (χ4n) is 1.75. The van der Waals surface area contributed by atoms with Crippen LogP contribution >= 0.6 is 11.6 Å². The summed E-state index contributed by atoms with van der Waals surface area (Å²) >= 11 is 6.16. The monoisotopic (exact) mass is 273 g/mol. The Hall–Kier alpha value is -0.810. The molecule has 0 bridgehead atoms. The maximum atomic E-state index is 9.66. The highest BCUT2D eigenvalue weighted by atomic mass is 35.5. The van der Waals surface area contributed by atoms with Gasteiger partial charge in [0.25, 0.3) is 0 Å². The van der Waals surface area contributed by atoms with E-state index >= 15 is 0 Å². The second-order valence-corrected chi connectivity index (χ2v) is 4.78. The summed E-state index contributed by atoms with van der Waals surface area (Å²) in [6.45, 7) is 2.41. The van der Waals surface area contributed by atoms with Crippen molar-refractivity contribution in [3.63, 3.8) is 0 Å². The number of aliphatic hydroxyl groups is 2. The molecule has 0 heterocycles. The Kier molecular flexibility index (Phi) is 5.88. The molecule has 0 aromatic heterocycles. The molecule has 1 rings (SSSR count). The smallest absolute Gasteiger partial charge is 0.0947 e. The van der Waals surface area contributed by atoms with E-state index in [9.17, 15) is 10.2 Å². The summed E-state index contributed by atoms with van der Waals surface area (Å²) in [6.07, 6.45) is -1.10. The number of halogens is 1. The molecule has 0 aliphatic heterocycles. The molecule has 102 valence electrons. The Morgan fingerprint density at radius 2 is 2.06 bits per heavy atom. The maximum absolute atomic E-state index is 9.66. The van der Waals surface area contributed by atoms with Gasteiger partial charge < -0.3 is 19.8 Å². The van der Waals surface area contributed by atoms with Gasteiger partial charge in [-0.05, 0) is 24.6 Å². The fourth-order valence-corrected chi connectivity index (χ4v) is 2.09. The molecule has 0 amide bonds. The lowest BCUT2D eigenvalue weighted by Crippen LogP contribution is -2.32. The largest absolute Gasteiger partial charge is 0.389 e. The van der Waals surface area contributed by atoms with Crippen LogP contribution in [0.15, 0.2) is 18.2 Å². The Morgan fingerprint density at radius 1 is 1.39 bits per heavy atom. The second-order valence-electron chi connectivity index (χ2n) is 4.38. The second kappa shape index (κ2) is 6.95. The third kappa shape index (κ3) is 4.14. The van der Waals surface area contributed by atoms with Gasteiger partial charge in [-0.2, -0.15) is 0 Å². The molecular formula is C13H20ClNO3. The number of ether oxygens (including phenoxy) is 1. The highest BCUT2D eigenvalue weighted by molar-refractivity contribution is 6.33. The van der Waals surface area contributed by atoms with E-state index < -0.39 is 12.2 Å². The van der Waals surface area contributed by atoms with Crippen LogP contribution in [-0.2, 0) is 4.74 Å². The fraction of sp³-hybridized carbons (Fsp3) is 0.538. The van der Waals surface area contributed by atoms with Crippen molar-refractivity contribution in [2.45, 2.75) is 19.1 Å². The number of methoxy groups -OCH3 is 1. The molecule has 0 aliphatic carbocycles. The first kappa shape index (κ1) is 15.2. The van der Waals surface area contributed by atoms with E-state index in [1.165, 1.54) is 0 Å². The van der Waals surface area contributed by atoms with Crippen LogP contribution in [0.5, 0.6) is 0 Å². The summed E-state index contributed by atoms with van der Waals surface area (Å²) < 4.78 is 4.88. The summed E-state index contributed by atoms with van der Waals surface area (Å²) in [5, 5.41) is 19.7. The average molecular weight is 274 g/mol. The third-order valence-electron chi connectivity index (χ3n) is 2.71. The number of likely N-dealkylation sites (N-methyl/N-ethyl adjacent to an activating group) is 1. The summed E-state index contributed by atoms with van der Waals surface area (Å²) in [6, 6.07) is 5.40. The average Bonchev–Trinajstić information content (AvgIpc) is 2.28. The molecule has 0 aliphatic rings. The Labute approximate surface area is 113 Å². The van der Waals surface area contributed by atoms with Crippen molar-refractivity contribution in [3.05, 3.63) is 28.8 Å². The molecule has 5 heteroatoms. The van der Waals surface area contributed by atoms with Crippen LogP contribution in [0, 0.1) is 0 Å². The van der Waals surface area contributed by atoms with E-state index in [0.29, 0.717) is 11.6 Å². The third-order valence-corrected chi connectivity index (χ3v) is 3.01. The van der Waals surface area contributed by atoms with Crippen molar-refractivity contribution in [1.82, 2.24) is 0 Å². The van der Waals surface area contributed by atoms with Crippen molar-refractivity contribution in [1.29, 1.82) is 0 Å². The van der Waals surface area contributed by atoms with Gasteiger partial charge in [-0.1, -0.05) is 17.7 Å². The minimum absolute atomic E-state index is 0.285. The summed E-state index contributed by atoms with van der Waals surface area (Å²) in [5.74, 6) is 0. The molecule has 0 radical (unpaired) electrons. The predicted molar refractivity (Wildman–Crippen MR) is 73.2 cm³/mol. The van der Waals surface area contributed by atoms with Crippen LogP contribution in [0.4, 0.5) is 5.69 Å². The SMILES string of the molecule is COCC(O)CN(C)c1ccc([C@@H](C)O)cc1Cl. The Balaban J connectivity index is 2.77. The lowest BCUT2D eigenvalue weighted by Gasteiger charge is -2.24. The van der Waals surface area contributed by atoms with E-state index in [4.69, 9.17) is 16.3 Å². The zero-order chi connectivity index (χ0) is 13.7. The van der Waals surface area contributed by atoms with Crippen molar-refractivity contribution in [2.75, 3.05) is 32.2 Å². The minimum atomic E-state index is -0.562. The molecular weight excluding hydrogens is 254 g/mol. The predicted octanol–water partition coefficient (Wildman–Crippen LogP) is 1.84. The van der Waals surface area contributed by atoms with Crippen LogP contribution in [0.2, 0.25) is 5.02 Å². The number of hydrogen-bond acceptors (Lipinski definition) is 4. The Bertz CT molecular complexity index is 384. The van der Waals surface area contributed by atoms with Gasteiger partial charge in [0.1, 0.15) is 0 Å². The number of rotatable bonds is 6. The van der Waals surface area contributed by atoms with Gasteiger partial charge in [0.15, 0.2) is 0 Å². The topological polar surface area (TPSA) is 52.9 Å². The zero-order valence-corrected chi connectivity index (χ0v) is 11.7. The van der Waals surface area contributed by atoms with E-state index in [1.807, 2.05) is 24.1 Å². The van der Waals surface area contributed by atoms with Crippen LogP contribution in [0.25, 0.3) is 0 Å². The van der Waals surface area contributed by atoms with Gasteiger partial charge in [-0.25, -0.2) is 0 Å². The molecule has 2 N–H and O–H groups in total. The van der Waals surface area contributed by atoms with Crippen LogP contribution in [-0.4, -0.2) is 43.6 Å². The van der Waals surface area contributed by atoms with Gasteiger partial charge in [0.2, 0.25) is 0 Å². The summed E-state index contributed by atoms with van der Waals surface area (Å²) in [4.78, 5) is 1.86. The van der Waals surface area contributed by atoms with E-state index in [-0.39, 0.29) is 6.61 Å². The number of anilines is 1. The molecule has 0 saturated carbocycles. The standard InChI is InChI=1S/C13H20ClNO3/c1-9(16)10-4-5-13(12(14)6-10)15(2)7-11(17)8-18-3/h4-6,9,11,16-17H,7-8H2,1-3H3/t9-,11?/m1/s1. The van der Waals surface area contributed by atoms with E-state index in [2.05, 4.69) is 0 Å². The molecule has 18 heavy (non-hydrogen) atoms. The molecule has 0 fully saturated rings. The van der Waals surface area contributed by atoms with Gasteiger partial charge in [0, 0.05) is 20.7 Å². The molecule has 1 unspecified atom stereocenters. The number of benzene rings is 1. The van der Waals surface area contributed by atoms with E-state index in [0.717, 1.165) is 11.3 Å². The highest BCUT2D eigenvalue weighted by Crippen LogP contribution is 2.28. The lowest BCUT2D eigenvalue weighted by atomic mass is 10.1. The van der Waals surface area contributed by atoms with Gasteiger partial charge in [0.05, 0.1) is 29.5 Å². The van der Waals surface area contributed by atoms with Crippen molar-refractivity contribution < 1.29 is 14.9 Å². The van der Waals surface area contributed by atoms with Gasteiger partial charge in [-0.15, -0.1) is 0 Å². The first-order valence-corrected chi connectivity index (χ1v) is 6.19. The Morgan fingerprint density at radius 3 is 2.56 bits per heavy atom. The number of aliphatic hydroxyl groups excluding tert-OH is 2. The first-order chi connectivity index (χ1) is 8.45. The van der Waals surface area contributed by atoms with Crippen molar-refractivity contribution >= 4 is 17.3 Å². The van der Waals surface area contributed by atoms with Crippen LogP contribution < -0.4 is 4.90 Å². The molecule has 4 nitrogen and oxygen atoms in total. The number of nitrogens with zero attached hydrogens (tertiary/aromatic N) is 1. The molecule has 1 aromatic carbocycles. The normalized spacial score (nSPS) is 14.3. The van der Waals surface area contributed by atoms with Gasteiger partial charge in [-0.3, -0.25) is 0 Å². The molecule has 1 aromatic rings. The molecule has 0 spiro atoms. The lowest BCUT2D eigenvalue weighted by molar-refractivity contribution is 0.0695. The minimum Gasteiger partial charge on any atom is -0.389 e. The van der Waals surface area contributed by atoms with Crippen LogP contribution in [0.1, 0.15) is 18.6 Å². The van der Waals surface area contributed by atoms with Crippen molar-refractivity contribution in [2.24, 2.45) is 0 Å². The highest BCUT2D eigenvalue weighted by Gasteiger charge is 2.12.